The van der Waals surface area contributed by atoms with Crippen LogP contribution in [0.4, 0.5) is 11.4 Å². The monoisotopic (exact) mass is 351 g/mol. The average molecular weight is 351 g/mol. The van der Waals surface area contributed by atoms with E-state index in [4.69, 9.17) is 9.47 Å². The number of fused-ring (bicyclic) bond motifs is 1. The highest BCUT2D eigenvalue weighted by molar-refractivity contribution is 6.00. The Morgan fingerprint density at radius 2 is 1.85 bits per heavy atom. The molecule has 0 unspecified atom stereocenters. The van der Waals surface area contributed by atoms with Crippen LogP contribution in [-0.4, -0.2) is 31.7 Å². The smallest absolute Gasteiger partial charge is 0.226 e. The third-order valence-electron chi connectivity index (χ3n) is 3.97. The predicted octanol–water partition coefficient (Wildman–Crippen LogP) is 3.69. The second-order valence-electron chi connectivity index (χ2n) is 5.68. The Hall–Kier alpha value is -3.28. The molecule has 134 valence electrons. The summed E-state index contributed by atoms with van der Waals surface area (Å²) in [4.78, 5) is 16.6. The first-order valence-electron chi connectivity index (χ1n) is 8.31. The second kappa shape index (κ2) is 8.20. The van der Waals surface area contributed by atoms with Crippen molar-refractivity contribution in [3.63, 3.8) is 0 Å². The van der Waals surface area contributed by atoms with Gasteiger partial charge in [0.25, 0.3) is 0 Å². The fraction of sp³-hybridized carbons (Fsp3) is 0.200. The van der Waals surface area contributed by atoms with E-state index in [0.717, 1.165) is 22.3 Å². The molecule has 1 heterocycles. The van der Waals surface area contributed by atoms with E-state index >= 15 is 0 Å². The first kappa shape index (κ1) is 17.5. The molecule has 6 nitrogen and oxygen atoms in total. The molecule has 3 aromatic rings. The average Bonchev–Trinajstić information content (AvgIpc) is 2.68. The summed E-state index contributed by atoms with van der Waals surface area (Å²) in [6.45, 7) is 0.500. The number of carbonyl (C=O) groups is 1. The molecule has 0 aliphatic carbocycles. The summed E-state index contributed by atoms with van der Waals surface area (Å²) in [5.74, 6) is 1.24. The van der Waals surface area contributed by atoms with Crippen LogP contribution in [0.3, 0.4) is 0 Å². The summed E-state index contributed by atoms with van der Waals surface area (Å²) < 4.78 is 10.5. The standard InChI is InChI=1S/C20H21N3O3/c1-25-17-9-8-15(13-18(17)26-2)21-12-10-19(24)23-16-7-3-5-14-6-4-11-22-20(14)16/h3-9,11,13,21H,10,12H2,1-2H3,(H,23,24). The Balaban J connectivity index is 1.57. The lowest BCUT2D eigenvalue weighted by Crippen LogP contribution is -2.16. The predicted molar refractivity (Wildman–Crippen MR) is 103 cm³/mol. The quantitative estimate of drug-likeness (QED) is 0.679. The maximum Gasteiger partial charge on any atom is 0.226 e. The Bertz CT molecular complexity index is 906. The number of anilines is 2. The highest BCUT2D eigenvalue weighted by atomic mass is 16.5. The van der Waals surface area contributed by atoms with Crippen molar-refractivity contribution in [2.75, 3.05) is 31.4 Å². The van der Waals surface area contributed by atoms with Crippen LogP contribution in [-0.2, 0) is 4.79 Å². The number of benzene rings is 2. The molecule has 2 aromatic carbocycles. The summed E-state index contributed by atoms with van der Waals surface area (Å²) in [5.41, 5.74) is 2.37. The van der Waals surface area contributed by atoms with E-state index < -0.39 is 0 Å². The van der Waals surface area contributed by atoms with Crippen LogP contribution in [0.2, 0.25) is 0 Å². The normalized spacial score (nSPS) is 10.4. The van der Waals surface area contributed by atoms with Gasteiger partial charge in [0.1, 0.15) is 0 Å². The van der Waals surface area contributed by atoms with Crippen LogP contribution in [0, 0.1) is 0 Å². The van der Waals surface area contributed by atoms with E-state index in [9.17, 15) is 4.79 Å². The van der Waals surface area contributed by atoms with Gasteiger partial charge in [0.15, 0.2) is 11.5 Å². The molecule has 1 amide bonds. The Kier molecular flexibility index (Phi) is 5.53. The number of hydrogen-bond acceptors (Lipinski definition) is 5. The Morgan fingerprint density at radius 1 is 1.04 bits per heavy atom. The van der Waals surface area contributed by atoms with Gasteiger partial charge in [-0.3, -0.25) is 9.78 Å². The van der Waals surface area contributed by atoms with E-state index in [1.54, 1.807) is 20.4 Å². The van der Waals surface area contributed by atoms with Gasteiger partial charge in [-0.05, 0) is 24.3 Å². The van der Waals surface area contributed by atoms with Gasteiger partial charge in [-0.1, -0.05) is 18.2 Å². The zero-order valence-corrected chi connectivity index (χ0v) is 14.8. The van der Waals surface area contributed by atoms with Crippen molar-refractivity contribution in [1.82, 2.24) is 4.98 Å². The molecule has 1 aromatic heterocycles. The number of hydrogen-bond donors (Lipinski definition) is 2. The number of aromatic nitrogens is 1. The first-order chi connectivity index (χ1) is 12.7. The van der Waals surface area contributed by atoms with Gasteiger partial charge < -0.3 is 20.1 Å². The van der Waals surface area contributed by atoms with Gasteiger partial charge in [-0.25, -0.2) is 0 Å². The summed E-state index contributed by atoms with van der Waals surface area (Å²) in [7, 11) is 3.19. The maximum absolute atomic E-state index is 12.2. The fourth-order valence-corrected chi connectivity index (χ4v) is 2.68. The second-order valence-corrected chi connectivity index (χ2v) is 5.68. The third-order valence-corrected chi connectivity index (χ3v) is 3.97. The summed E-state index contributed by atoms with van der Waals surface area (Å²) in [6.07, 6.45) is 2.05. The minimum absolute atomic E-state index is 0.0730. The number of ether oxygens (including phenoxy) is 2. The van der Waals surface area contributed by atoms with Gasteiger partial charge in [-0.15, -0.1) is 0 Å². The number of methoxy groups -OCH3 is 2. The van der Waals surface area contributed by atoms with Crippen molar-refractivity contribution in [1.29, 1.82) is 0 Å². The molecule has 0 atom stereocenters. The van der Waals surface area contributed by atoms with Gasteiger partial charge in [0, 0.05) is 36.3 Å². The molecule has 0 saturated carbocycles. The fourth-order valence-electron chi connectivity index (χ4n) is 2.68. The molecule has 2 N–H and O–H groups in total. The van der Waals surface area contributed by atoms with Gasteiger partial charge in [0.2, 0.25) is 5.91 Å². The van der Waals surface area contributed by atoms with Crippen LogP contribution in [0.15, 0.2) is 54.7 Å². The van der Waals surface area contributed by atoms with Gasteiger partial charge in [-0.2, -0.15) is 0 Å². The highest BCUT2D eigenvalue weighted by Crippen LogP contribution is 2.29. The molecular formula is C20H21N3O3. The molecular weight excluding hydrogens is 330 g/mol. The van der Waals surface area contributed by atoms with Crippen molar-refractivity contribution in [3.05, 3.63) is 54.7 Å². The summed E-state index contributed by atoms with van der Waals surface area (Å²) >= 11 is 0. The highest BCUT2D eigenvalue weighted by Gasteiger charge is 2.08. The summed E-state index contributed by atoms with van der Waals surface area (Å²) in [5, 5.41) is 7.13. The van der Waals surface area contributed by atoms with Crippen molar-refractivity contribution >= 4 is 28.2 Å². The van der Waals surface area contributed by atoms with E-state index in [-0.39, 0.29) is 5.91 Å². The largest absolute Gasteiger partial charge is 0.493 e. The van der Waals surface area contributed by atoms with Crippen molar-refractivity contribution in [2.24, 2.45) is 0 Å². The van der Waals surface area contributed by atoms with Gasteiger partial charge in [0.05, 0.1) is 25.4 Å². The molecule has 0 aliphatic heterocycles. The van der Waals surface area contributed by atoms with Crippen LogP contribution < -0.4 is 20.1 Å². The minimum atomic E-state index is -0.0730. The minimum Gasteiger partial charge on any atom is -0.493 e. The topological polar surface area (TPSA) is 72.5 Å². The zero-order valence-electron chi connectivity index (χ0n) is 14.8. The van der Waals surface area contributed by atoms with Crippen LogP contribution in [0.1, 0.15) is 6.42 Å². The van der Waals surface area contributed by atoms with Crippen molar-refractivity contribution < 1.29 is 14.3 Å². The molecule has 0 saturated heterocycles. The lowest BCUT2D eigenvalue weighted by atomic mass is 10.2. The SMILES string of the molecule is COc1ccc(NCCC(=O)Nc2cccc3cccnc23)cc1OC. The maximum atomic E-state index is 12.2. The number of nitrogens with zero attached hydrogens (tertiary/aromatic N) is 1. The van der Waals surface area contributed by atoms with E-state index in [2.05, 4.69) is 15.6 Å². The molecule has 0 fully saturated rings. The lowest BCUT2D eigenvalue weighted by molar-refractivity contribution is -0.115. The van der Waals surface area contributed by atoms with Crippen LogP contribution in [0.25, 0.3) is 10.9 Å². The molecule has 0 aliphatic rings. The van der Waals surface area contributed by atoms with Gasteiger partial charge >= 0.3 is 0 Å². The lowest BCUT2D eigenvalue weighted by Gasteiger charge is -2.11. The molecule has 0 bridgehead atoms. The van der Waals surface area contributed by atoms with Crippen LogP contribution >= 0.6 is 0 Å². The zero-order chi connectivity index (χ0) is 18.4. The number of pyridine rings is 1. The Labute approximate surface area is 152 Å². The first-order valence-corrected chi connectivity index (χ1v) is 8.31. The molecule has 0 spiro atoms. The van der Waals surface area contributed by atoms with Crippen molar-refractivity contribution in [2.45, 2.75) is 6.42 Å². The molecule has 26 heavy (non-hydrogen) atoms. The molecule has 0 radical (unpaired) electrons. The van der Waals surface area contributed by atoms with Crippen molar-refractivity contribution in [3.8, 4) is 11.5 Å². The Morgan fingerprint density at radius 3 is 2.65 bits per heavy atom. The molecule has 6 heteroatoms. The molecule has 3 rings (SSSR count). The van der Waals surface area contributed by atoms with E-state index in [0.29, 0.717) is 24.5 Å². The number of para-hydroxylation sites is 1. The van der Waals surface area contributed by atoms with E-state index in [1.165, 1.54) is 0 Å². The number of rotatable bonds is 7. The third kappa shape index (κ3) is 4.03. The van der Waals surface area contributed by atoms with Crippen LogP contribution in [0.5, 0.6) is 11.5 Å². The number of nitrogens with one attached hydrogen (secondary N) is 2. The number of carbonyl (C=O) groups excluding carboxylic acids is 1. The summed E-state index contributed by atoms with van der Waals surface area (Å²) in [6, 6.07) is 15.1. The van der Waals surface area contributed by atoms with E-state index in [1.807, 2.05) is 48.5 Å². The number of amides is 1.